The first-order valence-electron chi connectivity index (χ1n) is 5.94. The Balaban J connectivity index is 2.49. The predicted molar refractivity (Wildman–Crippen MR) is 70.9 cm³/mol. The molecule has 0 aromatic heterocycles. The number of hydrogen-bond donors (Lipinski definition) is 0. The van der Waals surface area contributed by atoms with Gasteiger partial charge in [0.05, 0.1) is 23.3 Å². The Bertz CT molecular complexity index is 636. The number of nitro benzene ring substituents is 1. The van der Waals surface area contributed by atoms with Crippen LogP contribution in [0.25, 0.3) is 10.8 Å². The van der Waals surface area contributed by atoms with Crippen molar-refractivity contribution in [1.29, 1.82) is 0 Å². The number of carbonyl (C=O) groups is 1. The summed E-state index contributed by atoms with van der Waals surface area (Å²) >= 11 is 0. The summed E-state index contributed by atoms with van der Waals surface area (Å²) in [4.78, 5) is 22.1. The van der Waals surface area contributed by atoms with Crippen molar-refractivity contribution in [1.82, 2.24) is 0 Å². The molecule has 2 rings (SSSR count). The number of carbonyl (C=O) groups excluding carboxylic acids is 1. The Kier molecular flexibility index (Phi) is 3.75. The van der Waals surface area contributed by atoms with Crippen molar-refractivity contribution in [3.8, 4) is 0 Å². The van der Waals surface area contributed by atoms with Crippen LogP contribution in [0.3, 0.4) is 0 Å². The molecule has 0 N–H and O–H groups in total. The minimum atomic E-state index is -0.420. The van der Waals surface area contributed by atoms with E-state index in [0.29, 0.717) is 17.4 Å². The fourth-order valence-electron chi connectivity index (χ4n) is 2.03. The van der Waals surface area contributed by atoms with E-state index >= 15 is 0 Å². The van der Waals surface area contributed by atoms with E-state index in [-0.39, 0.29) is 18.1 Å². The van der Waals surface area contributed by atoms with Gasteiger partial charge in [-0.15, -0.1) is 0 Å². The van der Waals surface area contributed by atoms with Crippen molar-refractivity contribution in [2.24, 2.45) is 0 Å². The van der Waals surface area contributed by atoms with Crippen molar-refractivity contribution >= 4 is 22.4 Å². The van der Waals surface area contributed by atoms with E-state index in [0.717, 1.165) is 5.56 Å². The monoisotopic (exact) mass is 259 g/mol. The van der Waals surface area contributed by atoms with Crippen LogP contribution in [0, 0.1) is 10.1 Å². The van der Waals surface area contributed by atoms with Crippen LogP contribution < -0.4 is 0 Å². The number of hydrogen-bond acceptors (Lipinski definition) is 4. The van der Waals surface area contributed by atoms with Crippen molar-refractivity contribution < 1.29 is 14.5 Å². The summed E-state index contributed by atoms with van der Waals surface area (Å²) in [5.74, 6) is -0.332. The zero-order valence-corrected chi connectivity index (χ0v) is 10.5. The molecule has 0 fully saturated rings. The summed E-state index contributed by atoms with van der Waals surface area (Å²) in [6, 6.07) is 10.0. The lowest BCUT2D eigenvalue weighted by Gasteiger charge is -2.06. The van der Waals surface area contributed by atoms with Gasteiger partial charge in [0.15, 0.2) is 0 Å². The Morgan fingerprint density at radius 3 is 2.53 bits per heavy atom. The lowest BCUT2D eigenvalue weighted by atomic mass is 10.0. The normalized spacial score (nSPS) is 10.4. The van der Waals surface area contributed by atoms with E-state index < -0.39 is 4.92 Å². The number of nitrogens with zero attached hydrogens (tertiary/aromatic N) is 1. The molecular formula is C14H13NO4. The SMILES string of the molecule is CCOC(=O)Cc1ccc([N+](=O)[O-])c2ccccc12. The number of non-ortho nitro benzene ring substituents is 1. The van der Waals surface area contributed by atoms with Crippen LogP contribution in [0.4, 0.5) is 5.69 Å². The number of ether oxygens (including phenoxy) is 1. The Hall–Kier alpha value is -2.43. The van der Waals surface area contributed by atoms with Gasteiger partial charge in [-0.2, -0.15) is 0 Å². The molecule has 0 aliphatic rings. The first-order valence-corrected chi connectivity index (χ1v) is 5.94. The van der Waals surface area contributed by atoms with Gasteiger partial charge in [-0.3, -0.25) is 14.9 Å². The van der Waals surface area contributed by atoms with Gasteiger partial charge in [-0.25, -0.2) is 0 Å². The number of esters is 1. The van der Waals surface area contributed by atoms with Crippen molar-refractivity contribution in [3.05, 3.63) is 52.1 Å². The van der Waals surface area contributed by atoms with Gasteiger partial charge in [0.2, 0.25) is 0 Å². The molecular weight excluding hydrogens is 246 g/mol. The van der Waals surface area contributed by atoms with Crippen LogP contribution in [-0.2, 0) is 16.0 Å². The topological polar surface area (TPSA) is 69.4 Å². The molecule has 0 heterocycles. The number of fused-ring (bicyclic) bond motifs is 1. The molecule has 0 aliphatic heterocycles. The summed E-state index contributed by atoms with van der Waals surface area (Å²) in [5.41, 5.74) is 0.780. The maximum atomic E-state index is 11.5. The lowest BCUT2D eigenvalue weighted by Crippen LogP contribution is -2.08. The standard InChI is InChI=1S/C14H13NO4/c1-2-19-14(16)9-10-7-8-13(15(17)18)12-6-4-3-5-11(10)12/h3-8H,2,9H2,1H3. The Morgan fingerprint density at radius 1 is 1.21 bits per heavy atom. The third-order valence-corrected chi connectivity index (χ3v) is 2.83. The fourth-order valence-corrected chi connectivity index (χ4v) is 2.03. The van der Waals surface area contributed by atoms with Gasteiger partial charge in [0, 0.05) is 6.07 Å². The second kappa shape index (κ2) is 5.48. The molecule has 0 radical (unpaired) electrons. The summed E-state index contributed by atoms with van der Waals surface area (Å²) in [7, 11) is 0. The van der Waals surface area contributed by atoms with Crippen LogP contribution in [0.1, 0.15) is 12.5 Å². The molecule has 5 nitrogen and oxygen atoms in total. The van der Waals surface area contributed by atoms with E-state index in [1.54, 1.807) is 37.3 Å². The molecule has 2 aromatic carbocycles. The van der Waals surface area contributed by atoms with Crippen LogP contribution >= 0.6 is 0 Å². The highest BCUT2D eigenvalue weighted by atomic mass is 16.6. The van der Waals surface area contributed by atoms with Crippen molar-refractivity contribution in [2.45, 2.75) is 13.3 Å². The maximum absolute atomic E-state index is 11.5. The van der Waals surface area contributed by atoms with Gasteiger partial charge in [0.1, 0.15) is 0 Å². The fraction of sp³-hybridized carbons (Fsp3) is 0.214. The average molecular weight is 259 g/mol. The highest BCUT2D eigenvalue weighted by Gasteiger charge is 2.15. The summed E-state index contributed by atoms with van der Waals surface area (Å²) in [5, 5.41) is 12.2. The van der Waals surface area contributed by atoms with Crippen molar-refractivity contribution in [2.75, 3.05) is 6.61 Å². The zero-order chi connectivity index (χ0) is 13.8. The van der Waals surface area contributed by atoms with Crippen molar-refractivity contribution in [3.63, 3.8) is 0 Å². The number of benzene rings is 2. The average Bonchev–Trinajstić information content (AvgIpc) is 2.39. The largest absolute Gasteiger partial charge is 0.466 e. The molecule has 19 heavy (non-hydrogen) atoms. The van der Waals surface area contributed by atoms with Gasteiger partial charge < -0.3 is 4.74 Å². The molecule has 0 aliphatic carbocycles. The molecule has 0 saturated carbocycles. The second-order valence-corrected chi connectivity index (χ2v) is 4.03. The van der Waals surface area contributed by atoms with E-state index in [4.69, 9.17) is 4.74 Å². The van der Waals surface area contributed by atoms with Gasteiger partial charge >= 0.3 is 5.97 Å². The minimum absolute atomic E-state index is 0.0446. The summed E-state index contributed by atoms with van der Waals surface area (Å²) in [6.07, 6.45) is 0.117. The number of nitro groups is 1. The molecule has 2 aromatic rings. The Labute approximate surface area is 110 Å². The van der Waals surface area contributed by atoms with Gasteiger partial charge in [-0.1, -0.05) is 24.3 Å². The van der Waals surface area contributed by atoms with Crippen LogP contribution in [-0.4, -0.2) is 17.5 Å². The first-order chi connectivity index (χ1) is 9.13. The van der Waals surface area contributed by atoms with Crippen LogP contribution in [0.2, 0.25) is 0 Å². The van der Waals surface area contributed by atoms with E-state index in [1.165, 1.54) is 6.07 Å². The van der Waals surface area contributed by atoms with E-state index in [9.17, 15) is 14.9 Å². The third kappa shape index (κ3) is 2.70. The first kappa shape index (κ1) is 13.0. The number of rotatable bonds is 4. The van der Waals surface area contributed by atoms with E-state index in [2.05, 4.69) is 0 Å². The molecule has 0 unspecified atom stereocenters. The predicted octanol–water partition coefficient (Wildman–Crippen LogP) is 2.85. The third-order valence-electron chi connectivity index (χ3n) is 2.83. The maximum Gasteiger partial charge on any atom is 0.310 e. The zero-order valence-electron chi connectivity index (χ0n) is 10.5. The van der Waals surface area contributed by atoms with Gasteiger partial charge in [-0.05, 0) is 23.9 Å². The molecule has 5 heteroatoms. The molecule has 98 valence electrons. The smallest absolute Gasteiger partial charge is 0.310 e. The highest BCUT2D eigenvalue weighted by Crippen LogP contribution is 2.28. The van der Waals surface area contributed by atoms with Crippen LogP contribution in [0.15, 0.2) is 36.4 Å². The minimum Gasteiger partial charge on any atom is -0.466 e. The Morgan fingerprint density at radius 2 is 1.89 bits per heavy atom. The summed E-state index contributed by atoms with van der Waals surface area (Å²) in [6.45, 7) is 2.07. The molecule has 0 atom stereocenters. The van der Waals surface area contributed by atoms with E-state index in [1.807, 2.05) is 0 Å². The van der Waals surface area contributed by atoms with Gasteiger partial charge in [0.25, 0.3) is 5.69 Å². The quantitative estimate of drug-likeness (QED) is 0.481. The lowest BCUT2D eigenvalue weighted by molar-refractivity contribution is -0.383. The molecule has 0 bridgehead atoms. The molecule has 0 spiro atoms. The second-order valence-electron chi connectivity index (χ2n) is 4.03. The molecule has 0 saturated heterocycles. The highest BCUT2D eigenvalue weighted by molar-refractivity contribution is 5.95. The summed E-state index contributed by atoms with van der Waals surface area (Å²) < 4.78 is 4.90. The molecule has 0 amide bonds. The van der Waals surface area contributed by atoms with Crippen LogP contribution in [0.5, 0.6) is 0 Å².